The highest BCUT2D eigenvalue weighted by molar-refractivity contribution is 9.09. The molecule has 18 heavy (non-hydrogen) atoms. The fourth-order valence-corrected chi connectivity index (χ4v) is 2.08. The molecule has 1 atom stereocenters. The Morgan fingerprint density at radius 3 is 2.50 bits per heavy atom. The van der Waals surface area contributed by atoms with Gasteiger partial charge in [-0.3, -0.25) is 10.1 Å². The summed E-state index contributed by atoms with van der Waals surface area (Å²) in [6.45, 7) is 8.39. The summed E-state index contributed by atoms with van der Waals surface area (Å²) >= 11 is 3.69. The van der Waals surface area contributed by atoms with E-state index in [1.54, 1.807) is 12.1 Å². The maximum atomic E-state index is 10.9. The molecule has 1 aromatic rings. The topological polar surface area (TPSA) is 43.1 Å². The predicted molar refractivity (Wildman–Crippen MR) is 78.3 cm³/mol. The van der Waals surface area contributed by atoms with Gasteiger partial charge in [0.2, 0.25) is 0 Å². The number of benzene rings is 1. The lowest BCUT2D eigenvalue weighted by molar-refractivity contribution is -0.385. The molecule has 1 unspecified atom stereocenters. The van der Waals surface area contributed by atoms with Gasteiger partial charge in [0.1, 0.15) is 0 Å². The Bertz CT molecular complexity index is 438. The number of hydrogen-bond acceptors (Lipinski definition) is 2. The van der Waals surface area contributed by atoms with Gasteiger partial charge in [-0.25, -0.2) is 0 Å². The molecule has 0 radical (unpaired) electrons. The number of rotatable bonds is 4. The summed E-state index contributed by atoms with van der Waals surface area (Å²) in [7, 11) is 0. The average Bonchev–Trinajstić information content (AvgIpc) is 2.25. The maximum Gasteiger partial charge on any atom is 0.272 e. The second-order valence-corrected chi connectivity index (χ2v) is 6.80. The third-order valence-corrected chi connectivity index (χ3v) is 5.05. The average molecular weight is 314 g/mol. The van der Waals surface area contributed by atoms with Gasteiger partial charge < -0.3 is 0 Å². The van der Waals surface area contributed by atoms with Crippen LogP contribution in [0.1, 0.15) is 38.3 Å². The Hall–Kier alpha value is -0.900. The third kappa shape index (κ3) is 3.80. The SMILES string of the molecule is Cc1c(CCC(Br)C(C)(C)C)cccc1[N+](=O)[O-]. The van der Waals surface area contributed by atoms with E-state index in [1.807, 2.05) is 13.0 Å². The first-order chi connectivity index (χ1) is 8.23. The van der Waals surface area contributed by atoms with Crippen LogP contribution in [0.2, 0.25) is 0 Å². The van der Waals surface area contributed by atoms with E-state index in [1.165, 1.54) is 0 Å². The van der Waals surface area contributed by atoms with E-state index in [0.29, 0.717) is 4.83 Å². The summed E-state index contributed by atoms with van der Waals surface area (Å²) in [5.41, 5.74) is 2.28. The molecule has 1 aromatic carbocycles. The van der Waals surface area contributed by atoms with Crippen LogP contribution < -0.4 is 0 Å². The zero-order chi connectivity index (χ0) is 13.9. The molecule has 0 aromatic heterocycles. The summed E-state index contributed by atoms with van der Waals surface area (Å²) in [6.07, 6.45) is 1.84. The molecule has 0 aliphatic heterocycles. The summed E-state index contributed by atoms with van der Waals surface area (Å²) in [6, 6.07) is 5.31. The van der Waals surface area contributed by atoms with Gasteiger partial charge in [0.05, 0.1) is 4.92 Å². The number of alkyl halides is 1. The monoisotopic (exact) mass is 313 g/mol. The molecule has 4 heteroatoms. The highest BCUT2D eigenvalue weighted by Crippen LogP contribution is 2.31. The molecule has 0 N–H and O–H groups in total. The molecule has 0 heterocycles. The zero-order valence-corrected chi connectivity index (χ0v) is 13.0. The lowest BCUT2D eigenvalue weighted by atomic mass is 9.88. The molecule has 0 saturated carbocycles. The second-order valence-electron chi connectivity index (χ2n) is 5.69. The highest BCUT2D eigenvalue weighted by atomic mass is 79.9. The Morgan fingerprint density at radius 1 is 1.39 bits per heavy atom. The van der Waals surface area contributed by atoms with Crippen LogP contribution in [0.25, 0.3) is 0 Å². The fraction of sp³-hybridized carbons (Fsp3) is 0.571. The van der Waals surface area contributed by atoms with E-state index < -0.39 is 0 Å². The van der Waals surface area contributed by atoms with Crippen LogP contribution >= 0.6 is 15.9 Å². The molecular weight excluding hydrogens is 294 g/mol. The first kappa shape index (κ1) is 15.2. The van der Waals surface area contributed by atoms with E-state index in [2.05, 4.69) is 36.7 Å². The van der Waals surface area contributed by atoms with Gasteiger partial charge in [-0.2, -0.15) is 0 Å². The van der Waals surface area contributed by atoms with Crippen LogP contribution in [-0.2, 0) is 6.42 Å². The molecule has 0 aliphatic rings. The quantitative estimate of drug-likeness (QED) is 0.461. The Morgan fingerprint density at radius 2 is 2.00 bits per heavy atom. The van der Waals surface area contributed by atoms with Crippen molar-refractivity contribution in [2.24, 2.45) is 5.41 Å². The van der Waals surface area contributed by atoms with Gasteiger partial charge >= 0.3 is 0 Å². The van der Waals surface area contributed by atoms with Crippen molar-refractivity contribution in [3.05, 3.63) is 39.4 Å². The number of halogens is 1. The van der Waals surface area contributed by atoms with Crippen molar-refractivity contribution < 1.29 is 4.92 Å². The molecule has 0 aliphatic carbocycles. The van der Waals surface area contributed by atoms with Crippen molar-refractivity contribution in [2.45, 2.75) is 45.4 Å². The Balaban J connectivity index is 2.81. The van der Waals surface area contributed by atoms with Gasteiger partial charge in [0.15, 0.2) is 0 Å². The molecule has 1 rings (SSSR count). The molecule has 0 fully saturated rings. The third-order valence-electron chi connectivity index (χ3n) is 3.22. The first-order valence-electron chi connectivity index (χ1n) is 6.10. The van der Waals surface area contributed by atoms with Crippen LogP contribution in [0, 0.1) is 22.5 Å². The van der Waals surface area contributed by atoms with Gasteiger partial charge in [0, 0.05) is 16.5 Å². The molecule has 3 nitrogen and oxygen atoms in total. The fourth-order valence-electron chi connectivity index (χ4n) is 1.85. The second kappa shape index (κ2) is 5.83. The van der Waals surface area contributed by atoms with Gasteiger partial charge in [0.25, 0.3) is 5.69 Å². The Labute approximate surface area is 117 Å². The number of nitro benzene ring substituents is 1. The normalized spacial score (nSPS) is 13.4. The lowest BCUT2D eigenvalue weighted by Crippen LogP contribution is -2.20. The van der Waals surface area contributed by atoms with Crippen molar-refractivity contribution in [2.75, 3.05) is 0 Å². The summed E-state index contributed by atoms with van der Waals surface area (Å²) in [5.74, 6) is 0. The van der Waals surface area contributed by atoms with E-state index in [4.69, 9.17) is 0 Å². The van der Waals surface area contributed by atoms with Crippen molar-refractivity contribution in [3.63, 3.8) is 0 Å². The molecule has 0 saturated heterocycles. The van der Waals surface area contributed by atoms with Crippen LogP contribution in [0.4, 0.5) is 5.69 Å². The zero-order valence-electron chi connectivity index (χ0n) is 11.4. The van der Waals surface area contributed by atoms with E-state index in [-0.39, 0.29) is 16.0 Å². The van der Waals surface area contributed by atoms with Crippen molar-refractivity contribution in [1.82, 2.24) is 0 Å². The minimum atomic E-state index is -0.311. The van der Waals surface area contributed by atoms with Crippen LogP contribution in [0.3, 0.4) is 0 Å². The van der Waals surface area contributed by atoms with Crippen LogP contribution in [0.5, 0.6) is 0 Å². The lowest BCUT2D eigenvalue weighted by Gasteiger charge is -2.25. The highest BCUT2D eigenvalue weighted by Gasteiger charge is 2.22. The number of nitro groups is 1. The smallest absolute Gasteiger partial charge is 0.258 e. The minimum absolute atomic E-state index is 0.203. The van der Waals surface area contributed by atoms with Gasteiger partial charge in [-0.1, -0.05) is 48.8 Å². The number of hydrogen-bond donors (Lipinski definition) is 0. The van der Waals surface area contributed by atoms with Gasteiger partial charge in [-0.05, 0) is 30.7 Å². The van der Waals surface area contributed by atoms with E-state index >= 15 is 0 Å². The van der Waals surface area contributed by atoms with Crippen molar-refractivity contribution in [1.29, 1.82) is 0 Å². The van der Waals surface area contributed by atoms with E-state index in [9.17, 15) is 10.1 Å². The van der Waals surface area contributed by atoms with E-state index in [0.717, 1.165) is 24.0 Å². The minimum Gasteiger partial charge on any atom is -0.258 e. The summed E-state index contributed by atoms with van der Waals surface area (Å²) in [4.78, 5) is 11.0. The molecule has 100 valence electrons. The first-order valence-corrected chi connectivity index (χ1v) is 7.02. The molecule has 0 spiro atoms. The number of nitrogens with zero attached hydrogens (tertiary/aromatic N) is 1. The van der Waals surface area contributed by atoms with Crippen LogP contribution in [0.15, 0.2) is 18.2 Å². The summed E-state index contributed by atoms with van der Waals surface area (Å²) in [5, 5.41) is 10.9. The predicted octanol–water partition coefficient (Wildman–Crippen LogP) is 4.65. The molecule has 0 bridgehead atoms. The Kier molecular flexibility index (Phi) is 4.91. The standard InChI is InChI=1S/C14H20BrNO2/c1-10-11(6-5-7-12(10)16(17)18)8-9-13(15)14(2,3)4/h5-7,13H,8-9H2,1-4H3. The molecule has 0 amide bonds. The van der Waals surface area contributed by atoms with Gasteiger partial charge in [-0.15, -0.1) is 0 Å². The van der Waals surface area contributed by atoms with Crippen molar-refractivity contribution in [3.8, 4) is 0 Å². The van der Waals surface area contributed by atoms with Crippen molar-refractivity contribution >= 4 is 21.6 Å². The molecular formula is C14H20BrNO2. The summed E-state index contributed by atoms with van der Waals surface area (Å²) < 4.78 is 0. The largest absolute Gasteiger partial charge is 0.272 e. The number of aryl methyl sites for hydroxylation is 1. The van der Waals surface area contributed by atoms with Crippen LogP contribution in [-0.4, -0.2) is 9.75 Å². The maximum absolute atomic E-state index is 10.9.